The fourth-order valence-corrected chi connectivity index (χ4v) is 5.86. The minimum Gasteiger partial charge on any atom is -0.507 e. The van der Waals surface area contributed by atoms with Crippen LogP contribution in [0.3, 0.4) is 0 Å². The highest BCUT2D eigenvalue weighted by Gasteiger charge is 2.47. The SMILES string of the molecule is COc1cc(C2/C(=C(\O)c3ccc4c(c3)CC(C)O4)C(=O)C(=O)N2CC2CCCO2)ccc1OCc1ccccc1. The Morgan fingerprint density at radius 1 is 1.05 bits per heavy atom. The number of ketones is 1. The number of benzene rings is 3. The van der Waals surface area contributed by atoms with Crippen LogP contribution in [-0.2, 0) is 27.4 Å². The van der Waals surface area contributed by atoms with E-state index in [1.54, 1.807) is 31.4 Å². The van der Waals surface area contributed by atoms with Gasteiger partial charge in [0.15, 0.2) is 11.5 Å². The predicted octanol–water partition coefficient (Wildman–Crippen LogP) is 5.20. The molecule has 2 saturated heterocycles. The summed E-state index contributed by atoms with van der Waals surface area (Å²) in [7, 11) is 1.55. The number of likely N-dealkylation sites (tertiary alicyclic amines) is 1. The van der Waals surface area contributed by atoms with Gasteiger partial charge in [-0.15, -0.1) is 0 Å². The number of methoxy groups -OCH3 is 1. The lowest BCUT2D eigenvalue weighted by atomic mass is 9.94. The Morgan fingerprint density at radius 2 is 1.88 bits per heavy atom. The number of rotatable bonds is 8. The van der Waals surface area contributed by atoms with Crippen molar-refractivity contribution < 1.29 is 33.6 Å². The first-order chi connectivity index (χ1) is 19.9. The maximum absolute atomic E-state index is 13.5. The molecular formula is C33H33NO7. The Morgan fingerprint density at radius 3 is 2.63 bits per heavy atom. The van der Waals surface area contributed by atoms with Crippen LogP contribution in [0.2, 0.25) is 0 Å². The summed E-state index contributed by atoms with van der Waals surface area (Å²) in [5.74, 6) is 0.162. The van der Waals surface area contributed by atoms with Crippen molar-refractivity contribution in [2.45, 2.75) is 51.0 Å². The molecule has 8 nitrogen and oxygen atoms in total. The Hall–Kier alpha value is -4.30. The summed E-state index contributed by atoms with van der Waals surface area (Å²) >= 11 is 0. The molecule has 3 aromatic carbocycles. The molecule has 0 aliphatic carbocycles. The van der Waals surface area contributed by atoms with E-state index in [-0.39, 0.29) is 30.1 Å². The van der Waals surface area contributed by atoms with Crippen molar-refractivity contribution in [3.63, 3.8) is 0 Å². The van der Waals surface area contributed by atoms with Gasteiger partial charge in [0.25, 0.3) is 11.7 Å². The molecule has 2 fully saturated rings. The van der Waals surface area contributed by atoms with E-state index in [1.807, 2.05) is 49.4 Å². The molecule has 3 aliphatic heterocycles. The van der Waals surface area contributed by atoms with Gasteiger partial charge in [-0.2, -0.15) is 0 Å². The number of fused-ring (bicyclic) bond motifs is 1. The second-order valence-electron chi connectivity index (χ2n) is 10.7. The number of amides is 1. The van der Waals surface area contributed by atoms with Crippen molar-refractivity contribution in [1.29, 1.82) is 0 Å². The molecule has 3 aromatic rings. The van der Waals surface area contributed by atoms with Gasteiger partial charge in [-0.1, -0.05) is 36.4 Å². The first-order valence-corrected chi connectivity index (χ1v) is 14.0. The molecule has 1 amide bonds. The summed E-state index contributed by atoms with van der Waals surface area (Å²) < 4.78 is 23.3. The van der Waals surface area contributed by atoms with Crippen LogP contribution in [0.4, 0.5) is 0 Å². The molecule has 1 N–H and O–H groups in total. The van der Waals surface area contributed by atoms with Gasteiger partial charge >= 0.3 is 0 Å². The zero-order valence-electron chi connectivity index (χ0n) is 23.2. The Balaban J connectivity index is 1.39. The highest BCUT2D eigenvalue weighted by Crippen LogP contribution is 2.43. The van der Waals surface area contributed by atoms with E-state index in [9.17, 15) is 14.7 Å². The number of carbonyl (C=O) groups is 2. The van der Waals surface area contributed by atoms with E-state index in [0.29, 0.717) is 42.3 Å². The third kappa shape index (κ3) is 5.27. The lowest BCUT2D eigenvalue weighted by Crippen LogP contribution is -2.36. The van der Waals surface area contributed by atoms with Crippen LogP contribution in [-0.4, -0.2) is 54.2 Å². The largest absolute Gasteiger partial charge is 0.507 e. The van der Waals surface area contributed by atoms with Crippen LogP contribution in [0.15, 0.2) is 72.3 Å². The predicted molar refractivity (Wildman–Crippen MR) is 152 cm³/mol. The molecule has 3 unspecified atom stereocenters. The maximum atomic E-state index is 13.5. The molecule has 0 spiro atoms. The van der Waals surface area contributed by atoms with Gasteiger partial charge < -0.3 is 29.0 Å². The molecular weight excluding hydrogens is 522 g/mol. The third-order valence-corrected chi connectivity index (χ3v) is 7.87. The molecule has 8 heteroatoms. The van der Waals surface area contributed by atoms with Crippen molar-refractivity contribution in [3.8, 4) is 17.2 Å². The summed E-state index contributed by atoms with van der Waals surface area (Å²) in [4.78, 5) is 28.5. The summed E-state index contributed by atoms with van der Waals surface area (Å²) in [6, 6.07) is 19.7. The normalized spacial score (nSPS) is 23.0. The van der Waals surface area contributed by atoms with E-state index >= 15 is 0 Å². The first kappa shape index (κ1) is 26.9. The monoisotopic (exact) mass is 555 g/mol. The molecule has 0 saturated carbocycles. The zero-order valence-corrected chi connectivity index (χ0v) is 23.2. The molecule has 3 heterocycles. The van der Waals surface area contributed by atoms with Crippen molar-refractivity contribution in [3.05, 3.63) is 94.6 Å². The topological polar surface area (TPSA) is 94.5 Å². The number of carbonyl (C=O) groups excluding carboxylic acids is 2. The van der Waals surface area contributed by atoms with Gasteiger partial charge in [-0.25, -0.2) is 0 Å². The lowest BCUT2D eigenvalue weighted by Gasteiger charge is -2.28. The van der Waals surface area contributed by atoms with E-state index < -0.39 is 17.7 Å². The number of hydrogen-bond donors (Lipinski definition) is 1. The maximum Gasteiger partial charge on any atom is 0.295 e. The fraction of sp³-hybridized carbons (Fsp3) is 0.333. The van der Waals surface area contributed by atoms with Gasteiger partial charge in [0.2, 0.25) is 0 Å². The average Bonchev–Trinajstić information content (AvgIpc) is 3.70. The van der Waals surface area contributed by atoms with Crippen molar-refractivity contribution in [2.24, 2.45) is 0 Å². The number of aliphatic hydroxyl groups is 1. The highest BCUT2D eigenvalue weighted by atomic mass is 16.5. The van der Waals surface area contributed by atoms with E-state index in [4.69, 9.17) is 18.9 Å². The van der Waals surface area contributed by atoms with Crippen LogP contribution in [0.25, 0.3) is 5.76 Å². The number of nitrogens with zero attached hydrogens (tertiary/aromatic N) is 1. The third-order valence-electron chi connectivity index (χ3n) is 7.87. The van der Waals surface area contributed by atoms with Crippen LogP contribution >= 0.6 is 0 Å². The quantitative estimate of drug-likeness (QED) is 0.232. The standard InChI is InChI=1S/C33H33NO7/c1-20-15-24-16-23(11-12-26(24)41-20)31(35)29-30(34(33(37)32(29)36)18-25-9-6-14-39-25)22-10-13-27(28(17-22)38-2)40-19-21-7-4-3-5-8-21/h3-5,7-8,10-13,16-17,20,25,30,35H,6,9,14-15,18-19H2,1-2H3/b31-29+. The zero-order chi connectivity index (χ0) is 28.5. The molecule has 0 radical (unpaired) electrons. The highest BCUT2D eigenvalue weighted by molar-refractivity contribution is 6.46. The minimum absolute atomic E-state index is 0.0366. The van der Waals surface area contributed by atoms with Crippen LogP contribution in [0.5, 0.6) is 17.2 Å². The van der Waals surface area contributed by atoms with Gasteiger partial charge in [-0.05, 0) is 66.8 Å². The first-order valence-electron chi connectivity index (χ1n) is 14.0. The van der Waals surface area contributed by atoms with Crippen molar-refractivity contribution in [1.82, 2.24) is 4.90 Å². The van der Waals surface area contributed by atoms with Gasteiger partial charge in [0.05, 0.1) is 24.8 Å². The summed E-state index contributed by atoms with van der Waals surface area (Å²) in [5.41, 5.74) is 3.10. The summed E-state index contributed by atoms with van der Waals surface area (Å²) in [6.07, 6.45) is 2.26. The minimum atomic E-state index is -0.820. The molecule has 0 bridgehead atoms. The number of ether oxygens (including phenoxy) is 4. The molecule has 3 atom stereocenters. The van der Waals surface area contributed by atoms with Crippen LogP contribution in [0.1, 0.15) is 48.1 Å². The number of aliphatic hydroxyl groups excluding tert-OH is 1. The molecule has 6 rings (SSSR count). The molecule has 41 heavy (non-hydrogen) atoms. The van der Waals surface area contributed by atoms with E-state index in [2.05, 4.69) is 0 Å². The number of hydrogen-bond acceptors (Lipinski definition) is 7. The van der Waals surface area contributed by atoms with Gasteiger partial charge in [0.1, 0.15) is 24.2 Å². The summed E-state index contributed by atoms with van der Waals surface area (Å²) in [5, 5.41) is 11.6. The van der Waals surface area contributed by atoms with Gasteiger partial charge in [0, 0.05) is 25.1 Å². The van der Waals surface area contributed by atoms with E-state index in [0.717, 1.165) is 29.7 Å². The average molecular weight is 556 g/mol. The fourth-order valence-electron chi connectivity index (χ4n) is 5.86. The second-order valence-corrected chi connectivity index (χ2v) is 10.7. The van der Waals surface area contributed by atoms with Crippen LogP contribution < -0.4 is 14.2 Å². The smallest absolute Gasteiger partial charge is 0.295 e. The van der Waals surface area contributed by atoms with Crippen molar-refractivity contribution >= 4 is 17.4 Å². The lowest BCUT2D eigenvalue weighted by molar-refractivity contribution is -0.140. The van der Waals surface area contributed by atoms with Gasteiger partial charge in [-0.3, -0.25) is 9.59 Å². The summed E-state index contributed by atoms with van der Waals surface area (Å²) in [6.45, 7) is 3.21. The molecule has 0 aromatic heterocycles. The molecule has 3 aliphatic rings. The Labute approximate surface area is 239 Å². The molecule has 212 valence electrons. The number of Topliss-reactive ketones (excluding diaryl/α,β-unsaturated/α-hetero) is 1. The van der Waals surface area contributed by atoms with E-state index in [1.165, 1.54) is 4.90 Å². The Bertz CT molecular complexity index is 1490. The Kier molecular flexibility index (Phi) is 7.41. The van der Waals surface area contributed by atoms with Crippen LogP contribution in [0, 0.1) is 0 Å². The second kappa shape index (κ2) is 11.3. The van der Waals surface area contributed by atoms with Crippen molar-refractivity contribution in [2.75, 3.05) is 20.3 Å².